The lowest BCUT2D eigenvalue weighted by atomic mass is 10.0. The van der Waals surface area contributed by atoms with Crippen LogP contribution in [0.25, 0.3) is 0 Å². The molecule has 0 saturated carbocycles. The highest BCUT2D eigenvalue weighted by Crippen LogP contribution is 2.20. The summed E-state index contributed by atoms with van der Waals surface area (Å²) in [6, 6.07) is 17.5. The molecule has 1 heterocycles. The number of aryl methyl sites for hydroxylation is 1. The Hall–Kier alpha value is -2.93. The van der Waals surface area contributed by atoms with Crippen LogP contribution < -0.4 is 5.43 Å². The van der Waals surface area contributed by atoms with E-state index in [-0.39, 0.29) is 11.8 Å². The molecule has 0 aliphatic rings. The Morgan fingerprint density at radius 1 is 1.22 bits per heavy atom. The number of carbonyl (C=O) groups excluding carboxylic acids is 1. The summed E-state index contributed by atoms with van der Waals surface area (Å²) in [5.41, 5.74) is 5.43. The van der Waals surface area contributed by atoms with Crippen molar-refractivity contribution in [2.24, 2.45) is 12.1 Å². The third-order valence-electron chi connectivity index (χ3n) is 4.04. The zero-order chi connectivity index (χ0) is 19.1. The highest BCUT2D eigenvalue weighted by molar-refractivity contribution is 7.98. The Kier molecular flexibility index (Phi) is 6.38. The predicted octanol–water partition coefficient (Wildman–Crippen LogP) is 3.63. The highest BCUT2D eigenvalue weighted by Gasteiger charge is 2.06. The molecular weight excluding hydrogens is 358 g/mol. The van der Waals surface area contributed by atoms with Crippen LogP contribution in [-0.2, 0) is 12.8 Å². The molecular formula is C20H21N5OS. The Morgan fingerprint density at radius 2 is 1.96 bits per heavy atom. The Morgan fingerprint density at radius 3 is 2.63 bits per heavy atom. The summed E-state index contributed by atoms with van der Waals surface area (Å²) in [4.78, 5) is 12.2. The molecule has 0 radical (unpaired) electrons. The fraction of sp³-hybridized carbons (Fsp3) is 0.200. The maximum atomic E-state index is 12.2. The molecule has 0 fully saturated rings. The number of hydrazone groups is 1. The molecule has 0 aliphatic heterocycles. The van der Waals surface area contributed by atoms with Gasteiger partial charge in [0, 0.05) is 30.5 Å². The summed E-state index contributed by atoms with van der Waals surface area (Å²) in [7, 11) is 1.91. The van der Waals surface area contributed by atoms with Crippen molar-refractivity contribution in [1.29, 1.82) is 0 Å². The van der Waals surface area contributed by atoms with Crippen LogP contribution in [-0.4, -0.2) is 26.9 Å². The summed E-state index contributed by atoms with van der Waals surface area (Å²) in [5.74, 6) is 0.673. The normalized spacial score (nSPS) is 12.2. The standard InChI is InChI=1S/C20H21N5OS/c1-15(17-6-4-3-5-7-17)12-21-23-19(26)18-10-8-16(9-11-18)13-27-20-24-22-14-25(20)2/h3-12,14-15H,13H2,1-2H3,(H,23,26)/b21-12-/t15-/m0/s1. The SMILES string of the molecule is C[C@@H](/C=N\NC(=O)c1ccc(CSc2nncn2C)cc1)c1ccccc1. The average molecular weight is 379 g/mol. The van der Waals surface area contributed by atoms with Crippen molar-refractivity contribution in [1.82, 2.24) is 20.2 Å². The zero-order valence-electron chi connectivity index (χ0n) is 15.2. The highest BCUT2D eigenvalue weighted by atomic mass is 32.2. The number of nitrogens with one attached hydrogen (secondary N) is 1. The minimum atomic E-state index is -0.223. The monoisotopic (exact) mass is 379 g/mol. The van der Waals surface area contributed by atoms with Gasteiger partial charge in [0.25, 0.3) is 5.91 Å². The molecule has 1 N–H and O–H groups in total. The van der Waals surface area contributed by atoms with Crippen LogP contribution in [0.15, 0.2) is 71.2 Å². The van der Waals surface area contributed by atoms with Crippen LogP contribution in [0.5, 0.6) is 0 Å². The second kappa shape index (κ2) is 9.14. The van der Waals surface area contributed by atoms with Gasteiger partial charge in [0.05, 0.1) is 0 Å². The van der Waals surface area contributed by atoms with Crippen molar-refractivity contribution < 1.29 is 4.79 Å². The van der Waals surface area contributed by atoms with E-state index in [9.17, 15) is 4.79 Å². The van der Waals surface area contributed by atoms with E-state index in [2.05, 4.69) is 20.7 Å². The number of hydrogen-bond acceptors (Lipinski definition) is 5. The van der Waals surface area contributed by atoms with Crippen LogP contribution in [0.3, 0.4) is 0 Å². The number of rotatable bonds is 7. The molecule has 3 rings (SSSR count). The molecule has 1 amide bonds. The lowest BCUT2D eigenvalue weighted by Gasteiger charge is -2.06. The first-order valence-corrected chi connectivity index (χ1v) is 9.56. The smallest absolute Gasteiger partial charge is 0.271 e. The topological polar surface area (TPSA) is 72.2 Å². The second-order valence-corrected chi connectivity index (χ2v) is 7.07. The number of thioether (sulfide) groups is 1. The summed E-state index contributed by atoms with van der Waals surface area (Å²) >= 11 is 1.60. The van der Waals surface area contributed by atoms with Crippen LogP contribution >= 0.6 is 11.8 Å². The van der Waals surface area contributed by atoms with Gasteiger partial charge < -0.3 is 4.57 Å². The predicted molar refractivity (Wildman–Crippen MR) is 108 cm³/mol. The van der Waals surface area contributed by atoms with Gasteiger partial charge >= 0.3 is 0 Å². The van der Waals surface area contributed by atoms with Crippen LogP contribution in [0, 0.1) is 0 Å². The molecule has 1 atom stereocenters. The largest absolute Gasteiger partial charge is 0.312 e. The molecule has 0 saturated heterocycles. The van der Waals surface area contributed by atoms with E-state index >= 15 is 0 Å². The van der Waals surface area contributed by atoms with Gasteiger partial charge in [-0.05, 0) is 23.3 Å². The van der Waals surface area contributed by atoms with Crippen molar-refractivity contribution in [2.75, 3.05) is 0 Å². The summed E-state index contributed by atoms with van der Waals surface area (Å²) in [6.45, 7) is 2.04. The maximum Gasteiger partial charge on any atom is 0.271 e. The van der Waals surface area contributed by atoms with Gasteiger partial charge in [-0.25, -0.2) is 5.43 Å². The third kappa shape index (κ3) is 5.27. The summed E-state index contributed by atoms with van der Waals surface area (Å²) < 4.78 is 1.88. The van der Waals surface area contributed by atoms with Gasteiger partial charge in [0.15, 0.2) is 5.16 Å². The van der Waals surface area contributed by atoms with Crippen molar-refractivity contribution in [3.05, 3.63) is 77.6 Å². The Labute approximate surface area is 162 Å². The number of carbonyl (C=O) groups is 1. The van der Waals surface area contributed by atoms with E-state index in [0.717, 1.165) is 22.0 Å². The summed E-state index contributed by atoms with van der Waals surface area (Å²) in [5, 5.41) is 12.8. The van der Waals surface area contributed by atoms with Crippen LogP contribution in [0.2, 0.25) is 0 Å². The van der Waals surface area contributed by atoms with Crippen LogP contribution in [0.1, 0.15) is 34.3 Å². The molecule has 0 aliphatic carbocycles. The number of hydrogen-bond donors (Lipinski definition) is 1. The van der Waals surface area contributed by atoms with E-state index in [1.807, 2.05) is 61.0 Å². The maximum absolute atomic E-state index is 12.2. The molecule has 2 aromatic carbocycles. The molecule has 6 nitrogen and oxygen atoms in total. The van der Waals surface area contributed by atoms with Crippen molar-refractivity contribution in [2.45, 2.75) is 23.8 Å². The molecule has 138 valence electrons. The fourth-order valence-corrected chi connectivity index (χ4v) is 3.26. The van der Waals surface area contributed by atoms with Gasteiger partial charge in [-0.15, -0.1) is 10.2 Å². The number of amides is 1. The van der Waals surface area contributed by atoms with E-state index in [1.165, 1.54) is 0 Å². The first-order valence-electron chi connectivity index (χ1n) is 8.57. The van der Waals surface area contributed by atoms with Crippen molar-refractivity contribution >= 4 is 23.9 Å². The van der Waals surface area contributed by atoms with Crippen molar-refractivity contribution in [3.63, 3.8) is 0 Å². The first kappa shape index (κ1) is 18.8. The zero-order valence-corrected chi connectivity index (χ0v) is 16.1. The minimum absolute atomic E-state index is 0.131. The third-order valence-corrected chi connectivity index (χ3v) is 5.15. The van der Waals surface area contributed by atoms with Gasteiger partial charge in [0.2, 0.25) is 0 Å². The van der Waals surface area contributed by atoms with E-state index in [1.54, 1.807) is 36.4 Å². The fourth-order valence-electron chi connectivity index (χ4n) is 2.42. The quantitative estimate of drug-likeness (QED) is 0.387. The molecule has 0 spiro atoms. The number of aromatic nitrogens is 3. The van der Waals surface area contributed by atoms with Gasteiger partial charge in [-0.3, -0.25) is 4.79 Å². The molecule has 1 aromatic heterocycles. The lowest BCUT2D eigenvalue weighted by molar-refractivity contribution is 0.0955. The number of nitrogens with zero attached hydrogens (tertiary/aromatic N) is 4. The van der Waals surface area contributed by atoms with E-state index in [0.29, 0.717) is 5.56 Å². The lowest BCUT2D eigenvalue weighted by Crippen LogP contribution is -2.18. The molecule has 0 bridgehead atoms. The second-order valence-electron chi connectivity index (χ2n) is 6.13. The Balaban J connectivity index is 1.51. The Bertz CT molecular complexity index is 906. The van der Waals surface area contributed by atoms with E-state index in [4.69, 9.17) is 0 Å². The van der Waals surface area contributed by atoms with Crippen molar-refractivity contribution in [3.8, 4) is 0 Å². The average Bonchev–Trinajstić information content (AvgIpc) is 3.12. The molecule has 3 aromatic rings. The van der Waals surface area contributed by atoms with Gasteiger partial charge in [-0.2, -0.15) is 5.10 Å². The molecule has 0 unspecified atom stereocenters. The van der Waals surface area contributed by atoms with E-state index < -0.39 is 0 Å². The molecule has 27 heavy (non-hydrogen) atoms. The summed E-state index contributed by atoms with van der Waals surface area (Å²) in [6.07, 6.45) is 3.41. The number of benzene rings is 2. The van der Waals surface area contributed by atoms with Gasteiger partial charge in [-0.1, -0.05) is 61.2 Å². The van der Waals surface area contributed by atoms with Crippen LogP contribution in [0.4, 0.5) is 0 Å². The molecule has 7 heteroatoms. The minimum Gasteiger partial charge on any atom is -0.312 e. The first-order chi connectivity index (χ1) is 13.1. The van der Waals surface area contributed by atoms with Gasteiger partial charge in [0.1, 0.15) is 6.33 Å².